The summed E-state index contributed by atoms with van der Waals surface area (Å²) in [6.45, 7) is 1.41. The summed E-state index contributed by atoms with van der Waals surface area (Å²) in [5.74, 6) is 1.52. The second kappa shape index (κ2) is 10.9. The van der Waals surface area contributed by atoms with Crippen LogP contribution in [0.2, 0.25) is 0 Å². The number of nitrogens with zero attached hydrogens (tertiary/aromatic N) is 1. The van der Waals surface area contributed by atoms with E-state index in [0.717, 1.165) is 24.5 Å². The molecule has 24 heavy (non-hydrogen) atoms. The molecule has 1 aliphatic carbocycles. The summed E-state index contributed by atoms with van der Waals surface area (Å²) in [6.07, 6.45) is 10.7. The second-order valence-corrected chi connectivity index (χ2v) is 6.52. The molecule has 2 rings (SSSR count). The molecule has 1 saturated carbocycles. The maximum Gasteiger partial charge on any atom is 0.161 e. The predicted molar refractivity (Wildman–Crippen MR) is 96.3 cm³/mol. The Hall–Kier alpha value is -1.73. The molecule has 4 nitrogen and oxygen atoms in total. The highest BCUT2D eigenvalue weighted by atomic mass is 16.5. The predicted octanol–water partition coefficient (Wildman–Crippen LogP) is 4.58. The zero-order valence-corrected chi connectivity index (χ0v) is 14.9. The van der Waals surface area contributed by atoms with Crippen molar-refractivity contribution in [3.05, 3.63) is 23.8 Å². The van der Waals surface area contributed by atoms with E-state index in [-0.39, 0.29) is 0 Å². The van der Waals surface area contributed by atoms with Gasteiger partial charge in [-0.2, -0.15) is 5.26 Å². The van der Waals surface area contributed by atoms with E-state index in [2.05, 4.69) is 23.5 Å². The fraction of sp³-hybridized carbons (Fsp3) is 0.650. The first-order valence-electron chi connectivity index (χ1n) is 9.23. The maximum absolute atomic E-state index is 8.60. The molecule has 0 bridgehead atoms. The van der Waals surface area contributed by atoms with Crippen LogP contribution in [-0.2, 0) is 6.54 Å². The zero-order chi connectivity index (χ0) is 17.0. The summed E-state index contributed by atoms with van der Waals surface area (Å²) in [5, 5.41) is 12.3. The van der Waals surface area contributed by atoms with Crippen LogP contribution in [0.1, 0.15) is 63.4 Å². The van der Waals surface area contributed by atoms with Crippen LogP contribution in [0.4, 0.5) is 0 Å². The Morgan fingerprint density at radius 3 is 2.58 bits per heavy atom. The van der Waals surface area contributed by atoms with Crippen molar-refractivity contribution in [1.29, 1.82) is 5.26 Å². The minimum Gasteiger partial charge on any atom is -0.493 e. The largest absolute Gasteiger partial charge is 0.493 e. The van der Waals surface area contributed by atoms with Gasteiger partial charge in [0.1, 0.15) is 0 Å². The van der Waals surface area contributed by atoms with E-state index in [0.29, 0.717) is 19.1 Å². The number of nitriles is 1. The molecule has 0 spiro atoms. The minimum absolute atomic E-state index is 0.519. The quantitative estimate of drug-likeness (QED) is 0.709. The molecule has 0 saturated heterocycles. The van der Waals surface area contributed by atoms with Gasteiger partial charge < -0.3 is 14.8 Å². The molecule has 0 amide bonds. The lowest BCUT2D eigenvalue weighted by molar-refractivity contribution is 0.290. The molecule has 1 N–H and O–H groups in total. The van der Waals surface area contributed by atoms with Gasteiger partial charge in [-0.25, -0.2) is 0 Å². The summed E-state index contributed by atoms with van der Waals surface area (Å²) >= 11 is 0. The standard InChI is InChI=1S/C20H30N2O2/c1-23-19-12-11-17(15-20(19)24-14-8-7-13-21)16-22-18-9-5-3-2-4-6-10-18/h11-12,15,18,22H,2-10,14,16H2,1H3. The lowest BCUT2D eigenvalue weighted by atomic mass is 9.96. The molecule has 1 fully saturated rings. The smallest absolute Gasteiger partial charge is 0.161 e. The number of ether oxygens (including phenoxy) is 2. The number of unbranched alkanes of at least 4 members (excludes halogenated alkanes) is 1. The lowest BCUT2D eigenvalue weighted by Crippen LogP contribution is -2.29. The van der Waals surface area contributed by atoms with Gasteiger partial charge in [0.25, 0.3) is 0 Å². The molecule has 1 aliphatic rings. The van der Waals surface area contributed by atoms with Gasteiger partial charge in [0.2, 0.25) is 0 Å². The number of nitrogens with one attached hydrogen (secondary N) is 1. The Labute approximate surface area is 146 Å². The van der Waals surface area contributed by atoms with Gasteiger partial charge in [0, 0.05) is 19.0 Å². The molecule has 1 aromatic rings. The van der Waals surface area contributed by atoms with Crippen LogP contribution in [-0.4, -0.2) is 19.8 Å². The van der Waals surface area contributed by atoms with Crippen LogP contribution < -0.4 is 14.8 Å². The number of methoxy groups -OCH3 is 1. The van der Waals surface area contributed by atoms with Crippen LogP contribution in [0.3, 0.4) is 0 Å². The summed E-state index contributed by atoms with van der Waals surface area (Å²) in [4.78, 5) is 0. The van der Waals surface area contributed by atoms with Gasteiger partial charge in [-0.15, -0.1) is 0 Å². The van der Waals surface area contributed by atoms with Crippen molar-refractivity contribution in [2.24, 2.45) is 0 Å². The molecular formula is C20H30N2O2. The summed E-state index contributed by atoms with van der Waals surface area (Å²) < 4.78 is 11.2. The van der Waals surface area contributed by atoms with Gasteiger partial charge in [-0.05, 0) is 37.0 Å². The van der Waals surface area contributed by atoms with E-state index in [1.165, 1.54) is 50.5 Å². The first-order chi connectivity index (χ1) is 11.8. The number of hydrogen-bond acceptors (Lipinski definition) is 4. The molecule has 0 atom stereocenters. The minimum atomic E-state index is 0.519. The van der Waals surface area contributed by atoms with Crippen LogP contribution in [0.15, 0.2) is 18.2 Å². The third-order valence-electron chi connectivity index (χ3n) is 4.62. The van der Waals surface area contributed by atoms with E-state index in [4.69, 9.17) is 14.7 Å². The summed E-state index contributed by atoms with van der Waals surface area (Å²) in [7, 11) is 1.66. The number of rotatable bonds is 8. The third-order valence-corrected chi connectivity index (χ3v) is 4.62. The van der Waals surface area contributed by atoms with Crippen molar-refractivity contribution >= 4 is 0 Å². The average molecular weight is 330 g/mol. The van der Waals surface area contributed by atoms with Crippen molar-refractivity contribution in [2.45, 2.75) is 70.4 Å². The molecule has 1 aromatic carbocycles. The van der Waals surface area contributed by atoms with Gasteiger partial charge in [0.05, 0.1) is 19.8 Å². The monoisotopic (exact) mass is 330 g/mol. The molecule has 0 unspecified atom stereocenters. The average Bonchev–Trinajstić information content (AvgIpc) is 2.58. The Kier molecular flexibility index (Phi) is 8.48. The zero-order valence-electron chi connectivity index (χ0n) is 14.9. The van der Waals surface area contributed by atoms with E-state index < -0.39 is 0 Å². The first-order valence-corrected chi connectivity index (χ1v) is 9.23. The molecule has 0 aliphatic heterocycles. The van der Waals surface area contributed by atoms with Crippen LogP contribution >= 0.6 is 0 Å². The SMILES string of the molecule is COc1ccc(CNC2CCCCCCC2)cc1OCCCC#N. The van der Waals surface area contributed by atoms with Gasteiger partial charge in [0.15, 0.2) is 11.5 Å². The third kappa shape index (κ3) is 6.41. The van der Waals surface area contributed by atoms with Crippen molar-refractivity contribution in [1.82, 2.24) is 5.32 Å². The second-order valence-electron chi connectivity index (χ2n) is 6.52. The van der Waals surface area contributed by atoms with Crippen LogP contribution in [0.25, 0.3) is 0 Å². The van der Waals surface area contributed by atoms with Crippen molar-refractivity contribution in [3.63, 3.8) is 0 Å². The topological polar surface area (TPSA) is 54.3 Å². The van der Waals surface area contributed by atoms with Gasteiger partial charge >= 0.3 is 0 Å². The normalized spacial score (nSPS) is 16.0. The van der Waals surface area contributed by atoms with E-state index in [9.17, 15) is 0 Å². The number of hydrogen-bond donors (Lipinski definition) is 1. The van der Waals surface area contributed by atoms with Crippen LogP contribution in [0, 0.1) is 11.3 Å². The van der Waals surface area contributed by atoms with Crippen molar-refractivity contribution in [2.75, 3.05) is 13.7 Å². The fourth-order valence-corrected chi connectivity index (χ4v) is 3.20. The highest BCUT2D eigenvalue weighted by Crippen LogP contribution is 2.28. The van der Waals surface area contributed by atoms with E-state index >= 15 is 0 Å². The number of benzene rings is 1. The molecule has 4 heteroatoms. The lowest BCUT2D eigenvalue weighted by Gasteiger charge is -2.21. The highest BCUT2D eigenvalue weighted by Gasteiger charge is 2.12. The maximum atomic E-state index is 8.60. The van der Waals surface area contributed by atoms with Gasteiger partial charge in [-0.1, -0.05) is 38.2 Å². The van der Waals surface area contributed by atoms with Crippen molar-refractivity contribution < 1.29 is 9.47 Å². The fourth-order valence-electron chi connectivity index (χ4n) is 3.20. The summed E-state index contributed by atoms with van der Waals surface area (Å²) in [6, 6.07) is 8.89. The Bertz CT molecular complexity index is 517. The molecule has 0 aromatic heterocycles. The Morgan fingerprint density at radius 2 is 1.88 bits per heavy atom. The Morgan fingerprint density at radius 1 is 1.12 bits per heavy atom. The summed E-state index contributed by atoms with van der Waals surface area (Å²) in [5.41, 5.74) is 1.22. The van der Waals surface area contributed by atoms with E-state index in [1.54, 1.807) is 7.11 Å². The van der Waals surface area contributed by atoms with Crippen molar-refractivity contribution in [3.8, 4) is 17.6 Å². The Balaban J connectivity index is 1.88. The van der Waals surface area contributed by atoms with E-state index in [1.807, 2.05) is 6.07 Å². The highest BCUT2D eigenvalue weighted by molar-refractivity contribution is 5.43. The molecule has 0 heterocycles. The van der Waals surface area contributed by atoms with Gasteiger partial charge in [-0.3, -0.25) is 0 Å². The molecule has 132 valence electrons. The molecular weight excluding hydrogens is 300 g/mol. The van der Waals surface area contributed by atoms with Crippen LogP contribution in [0.5, 0.6) is 11.5 Å². The molecule has 0 radical (unpaired) electrons. The first kappa shape index (κ1) is 18.6.